The first-order valence-electron chi connectivity index (χ1n) is 7.92. The van der Waals surface area contributed by atoms with Crippen molar-refractivity contribution in [3.05, 3.63) is 35.4 Å². The van der Waals surface area contributed by atoms with E-state index in [2.05, 4.69) is 65.6 Å². The van der Waals surface area contributed by atoms with Crippen molar-refractivity contribution in [1.29, 1.82) is 0 Å². The topological polar surface area (TPSA) is 39.7 Å². The third-order valence-corrected chi connectivity index (χ3v) is 3.77. The highest BCUT2D eigenvalue weighted by molar-refractivity contribution is 14.0. The third-order valence-electron chi connectivity index (χ3n) is 3.77. The van der Waals surface area contributed by atoms with E-state index in [0.29, 0.717) is 0 Å². The quantitative estimate of drug-likeness (QED) is 0.295. The van der Waals surface area contributed by atoms with Gasteiger partial charge in [-0.05, 0) is 44.1 Å². The Morgan fingerprint density at radius 1 is 1.14 bits per heavy atom. The van der Waals surface area contributed by atoms with E-state index in [-0.39, 0.29) is 24.0 Å². The van der Waals surface area contributed by atoms with Gasteiger partial charge in [0.2, 0.25) is 0 Å². The zero-order valence-corrected chi connectivity index (χ0v) is 16.7. The van der Waals surface area contributed by atoms with Gasteiger partial charge in [-0.3, -0.25) is 4.99 Å². The van der Waals surface area contributed by atoms with Crippen LogP contribution in [0.1, 0.15) is 31.4 Å². The Morgan fingerprint density at radius 2 is 1.82 bits per heavy atom. The Morgan fingerprint density at radius 3 is 2.41 bits per heavy atom. The van der Waals surface area contributed by atoms with E-state index in [1.54, 1.807) is 0 Å². The summed E-state index contributed by atoms with van der Waals surface area (Å²) in [5, 5.41) is 6.74. The number of benzene rings is 1. The van der Waals surface area contributed by atoms with E-state index in [0.717, 1.165) is 45.1 Å². The molecule has 2 N–H and O–H groups in total. The normalized spacial score (nSPS) is 11.2. The van der Waals surface area contributed by atoms with Crippen LogP contribution in [-0.4, -0.2) is 44.1 Å². The van der Waals surface area contributed by atoms with Crippen molar-refractivity contribution in [2.75, 3.05) is 33.2 Å². The monoisotopic (exact) mass is 418 g/mol. The lowest BCUT2D eigenvalue weighted by Crippen LogP contribution is -2.38. The summed E-state index contributed by atoms with van der Waals surface area (Å²) in [6.45, 7) is 11.7. The van der Waals surface area contributed by atoms with Gasteiger partial charge in [0.15, 0.2) is 5.96 Å². The van der Waals surface area contributed by atoms with Crippen molar-refractivity contribution in [3.63, 3.8) is 0 Å². The van der Waals surface area contributed by atoms with E-state index in [9.17, 15) is 0 Å². The van der Waals surface area contributed by atoms with Gasteiger partial charge in [0.05, 0.1) is 0 Å². The van der Waals surface area contributed by atoms with Crippen molar-refractivity contribution in [1.82, 2.24) is 15.5 Å². The molecular weight excluding hydrogens is 387 g/mol. The molecule has 22 heavy (non-hydrogen) atoms. The standard InChI is InChI=1S/C17H30N4.HI/c1-5-21(6-2)13-9-12-19-17(18-4)20-14-16-11-8-7-10-15(16)3;/h7-8,10-11H,5-6,9,12-14H2,1-4H3,(H2,18,19,20);1H. The molecule has 0 unspecified atom stereocenters. The molecule has 0 aliphatic rings. The van der Waals surface area contributed by atoms with Crippen LogP contribution in [0.25, 0.3) is 0 Å². The molecule has 126 valence electrons. The fraction of sp³-hybridized carbons (Fsp3) is 0.588. The highest BCUT2D eigenvalue weighted by Gasteiger charge is 2.01. The van der Waals surface area contributed by atoms with Gasteiger partial charge in [-0.1, -0.05) is 38.1 Å². The van der Waals surface area contributed by atoms with Crippen molar-refractivity contribution < 1.29 is 0 Å². The van der Waals surface area contributed by atoms with Gasteiger partial charge in [-0.25, -0.2) is 0 Å². The summed E-state index contributed by atoms with van der Waals surface area (Å²) in [7, 11) is 1.82. The number of hydrogen-bond acceptors (Lipinski definition) is 2. The minimum absolute atomic E-state index is 0. The molecular formula is C17H31IN4. The molecule has 5 heteroatoms. The fourth-order valence-corrected chi connectivity index (χ4v) is 2.26. The molecule has 0 atom stereocenters. The van der Waals surface area contributed by atoms with Gasteiger partial charge >= 0.3 is 0 Å². The first-order chi connectivity index (χ1) is 10.2. The van der Waals surface area contributed by atoms with Crippen LogP contribution in [0.3, 0.4) is 0 Å². The Labute approximate surface area is 152 Å². The average Bonchev–Trinajstić information content (AvgIpc) is 2.52. The molecule has 0 saturated heterocycles. The smallest absolute Gasteiger partial charge is 0.191 e. The number of nitrogens with zero attached hydrogens (tertiary/aromatic N) is 2. The molecule has 1 aromatic carbocycles. The van der Waals surface area contributed by atoms with Crippen molar-refractivity contribution >= 4 is 29.9 Å². The number of guanidine groups is 1. The Bertz CT molecular complexity index is 430. The van der Waals surface area contributed by atoms with Gasteiger partial charge in [-0.15, -0.1) is 24.0 Å². The third kappa shape index (κ3) is 7.98. The van der Waals surface area contributed by atoms with Crippen LogP contribution in [0.4, 0.5) is 0 Å². The Hall–Kier alpha value is -0.820. The molecule has 0 amide bonds. The van der Waals surface area contributed by atoms with Crippen LogP contribution in [0.2, 0.25) is 0 Å². The van der Waals surface area contributed by atoms with Gasteiger partial charge < -0.3 is 15.5 Å². The number of aryl methyl sites for hydroxylation is 1. The average molecular weight is 418 g/mol. The van der Waals surface area contributed by atoms with Crippen LogP contribution in [0.15, 0.2) is 29.3 Å². The summed E-state index contributed by atoms with van der Waals surface area (Å²) < 4.78 is 0. The van der Waals surface area contributed by atoms with Crippen LogP contribution >= 0.6 is 24.0 Å². The molecule has 0 saturated carbocycles. The first-order valence-corrected chi connectivity index (χ1v) is 7.92. The van der Waals surface area contributed by atoms with Crippen LogP contribution in [0.5, 0.6) is 0 Å². The van der Waals surface area contributed by atoms with E-state index in [4.69, 9.17) is 0 Å². The number of nitrogens with one attached hydrogen (secondary N) is 2. The van der Waals surface area contributed by atoms with Gasteiger partial charge in [-0.2, -0.15) is 0 Å². The lowest BCUT2D eigenvalue weighted by atomic mass is 10.1. The maximum absolute atomic E-state index is 4.27. The highest BCUT2D eigenvalue weighted by Crippen LogP contribution is 2.05. The van der Waals surface area contributed by atoms with E-state index in [1.165, 1.54) is 11.1 Å². The summed E-state index contributed by atoms with van der Waals surface area (Å²) in [5.41, 5.74) is 2.62. The molecule has 0 bridgehead atoms. The maximum atomic E-state index is 4.27. The number of hydrogen-bond donors (Lipinski definition) is 2. The van der Waals surface area contributed by atoms with Crippen molar-refractivity contribution in [2.24, 2.45) is 4.99 Å². The predicted octanol–water partition coefficient (Wildman–Crippen LogP) is 3.01. The molecule has 0 aliphatic heterocycles. The predicted molar refractivity (Wildman–Crippen MR) is 107 cm³/mol. The molecule has 0 spiro atoms. The summed E-state index contributed by atoms with van der Waals surface area (Å²) in [6.07, 6.45) is 1.13. The molecule has 0 radical (unpaired) electrons. The summed E-state index contributed by atoms with van der Waals surface area (Å²) in [4.78, 5) is 6.71. The maximum Gasteiger partial charge on any atom is 0.191 e. The molecule has 0 aromatic heterocycles. The zero-order valence-electron chi connectivity index (χ0n) is 14.4. The van der Waals surface area contributed by atoms with Crippen molar-refractivity contribution in [2.45, 2.75) is 33.7 Å². The number of aliphatic imine (C=N–C) groups is 1. The second-order valence-electron chi connectivity index (χ2n) is 5.16. The Balaban J connectivity index is 0.00000441. The van der Waals surface area contributed by atoms with Gasteiger partial charge in [0.25, 0.3) is 0 Å². The molecule has 0 aliphatic carbocycles. The SMILES string of the molecule is CCN(CC)CCCNC(=NC)NCc1ccccc1C.I. The van der Waals surface area contributed by atoms with E-state index in [1.807, 2.05) is 7.05 Å². The second kappa shape index (κ2) is 12.7. The largest absolute Gasteiger partial charge is 0.356 e. The summed E-state index contributed by atoms with van der Waals surface area (Å²) in [5.74, 6) is 0.873. The van der Waals surface area contributed by atoms with Gasteiger partial charge in [0.1, 0.15) is 0 Å². The molecule has 1 aromatic rings. The molecule has 4 nitrogen and oxygen atoms in total. The van der Waals surface area contributed by atoms with Gasteiger partial charge in [0, 0.05) is 20.1 Å². The van der Waals surface area contributed by atoms with Crippen LogP contribution < -0.4 is 10.6 Å². The van der Waals surface area contributed by atoms with Crippen LogP contribution in [0, 0.1) is 6.92 Å². The number of halogens is 1. The summed E-state index contributed by atoms with van der Waals surface area (Å²) >= 11 is 0. The zero-order chi connectivity index (χ0) is 15.5. The first kappa shape index (κ1) is 21.2. The number of rotatable bonds is 8. The summed E-state index contributed by atoms with van der Waals surface area (Å²) in [6, 6.07) is 8.43. The minimum Gasteiger partial charge on any atom is -0.356 e. The lowest BCUT2D eigenvalue weighted by molar-refractivity contribution is 0.300. The minimum atomic E-state index is 0. The second-order valence-corrected chi connectivity index (χ2v) is 5.16. The molecule has 1 rings (SSSR count). The Kier molecular flexibility index (Phi) is 12.2. The van der Waals surface area contributed by atoms with E-state index < -0.39 is 0 Å². The fourth-order valence-electron chi connectivity index (χ4n) is 2.26. The van der Waals surface area contributed by atoms with Crippen molar-refractivity contribution in [3.8, 4) is 0 Å². The highest BCUT2D eigenvalue weighted by atomic mass is 127. The molecule has 0 heterocycles. The lowest BCUT2D eigenvalue weighted by Gasteiger charge is -2.18. The van der Waals surface area contributed by atoms with E-state index >= 15 is 0 Å². The van der Waals surface area contributed by atoms with Crippen LogP contribution in [-0.2, 0) is 6.54 Å². The molecule has 0 fully saturated rings.